The minimum atomic E-state index is -0.189. The highest BCUT2D eigenvalue weighted by Gasteiger charge is 2.24. The Labute approximate surface area is 155 Å². The van der Waals surface area contributed by atoms with E-state index in [-0.39, 0.29) is 11.7 Å². The van der Waals surface area contributed by atoms with Gasteiger partial charge in [0.25, 0.3) is 5.91 Å². The molecule has 0 saturated heterocycles. The van der Waals surface area contributed by atoms with Crippen molar-refractivity contribution in [2.45, 2.75) is 6.92 Å². The smallest absolute Gasteiger partial charge is 0.256 e. The van der Waals surface area contributed by atoms with Crippen LogP contribution in [-0.2, 0) is 4.79 Å². The summed E-state index contributed by atoms with van der Waals surface area (Å²) in [6.07, 6.45) is 1.70. The molecule has 0 bridgehead atoms. The molecule has 0 spiro atoms. The molecule has 0 unspecified atom stereocenters. The van der Waals surface area contributed by atoms with Gasteiger partial charge in [0.1, 0.15) is 11.5 Å². The number of carbonyl (C=O) groups is 2. The van der Waals surface area contributed by atoms with E-state index in [0.29, 0.717) is 27.7 Å². The Morgan fingerprint density at radius 3 is 2.58 bits per heavy atom. The number of ketones is 1. The normalized spacial score (nSPS) is 14.4. The van der Waals surface area contributed by atoms with Gasteiger partial charge in [0, 0.05) is 27.4 Å². The highest BCUT2D eigenvalue weighted by Crippen LogP contribution is 2.35. The summed E-state index contributed by atoms with van der Waals surface area (Å²) in [6, 6.07) is 16.1. The number of fused-ring (bicyclic) bond motifs is 1. The van der Waals surface area contributed by atoms with Crippen LogP contribution in [0.1, 0.15) is 28.6 Å². The van der Waals surface area contributed by atoms with Gasteiger partial charge in [-0.1, -0.05) is 35.9 Å². The number of rotatable bonds is 3. The zero-order chi connectivity index (χ0) is 18.3. The minimum Gasteiger partial charge on any atom is -0.457 e. The van der Waals surface area contributed by atoms with Gasteiger partial charge >= 0.3 is 0 Å². The molecule has 0 atom stereocenters. The van der Waals surface area contributed by atoms with Gasteiger partial charge in [0.2, 0.25) is 0 Å². The topological polar surface area (TPSA) is 59.3 Å². The zero-order valence-electron chi connectivity index (χ0n) is 13.9. The van der Waals surface area contributed by atoms with Crippen molar-refractivity contribution < 1.29 is 14.0 Å². The van der Waals surface area contributed by atoms with Crippen LogP contribution in [0.2, 0.25) is 5.02 Å². The van der Waals surface area contributed by atoms with E-state index in [9.17, 15) is 9.59 Å². The van der Waals surface area contributed by atoms with Crippen LogP contribution in [0.3, 0.4) is 0 Å². The lowest BCUT2D eigenvalue weighted by Crippen LogP contribution is -2.03. The summed E-state index contributed by atoms with van der Waals surface area (Å²) < 4.78 is 5.85. The van der Waals surface area contributed by atoms with Crippen LogP contribution in [0.5, 0.6) is 0 Å². The van der Waals surface area contributed by atoms with Crippen molar-refractivity contribution >= 4 is 40.6 Å². The van der Waals surface area contributed by atoms with Crippen LogP contribution in [0.25, 0.3) is 23.0 Å². The summed E-state index contributed by atoms with van der Waals surface area (Å²) in [7, 11) is 0. The largest absolute Gasteiger partial charge is 0.457 e. The number of nitrogens with one attached hydrogen (secondary N) is 1. The Morgan fingerprint density at radius 2 is 1.85 bits per heavy atom. The molecule has 1 aliphatic rings. The number of hydrogen-bond donors (Lipinski definition) is 1. The second-order valence-corrected chi connectivity index (χ2v) is 6.47. The summed E-state index contributed by atoms with van der Waals surface area (Å²) in [5.74, 6) is 1.06. The highest BCUT2D eigenvalue weighted by atomic mass is 35.5. The maximum Gasteiger partial charge on any atom is 0.256 e. The fraction of sp³-hybridized carbons (Fsp3) is 0.0476. The third-order valence-corrected chi connectivity index (χ3v) is 4.49. The molecule has 1 aromatic heterocycles. The molecule has 1 N–H and O–H groups in total. The summed E-state index contributed by atoms with van der Waals surface area (Å²) in [6.45, 7) is 1.53. The summed E-state index contributed by atoms with van der Waals surface area (Å²) in [5, 5.41) is 3.38. The Hall–Kier alpha value is -3.11. The van der Waals surface area contributed by atoms with Gasteiger partial charge in [-0.2, -0.15) is 0 Å². The van der Waals surface area contributed by atoms with Crippen molar-refractivity contribution in [2.24, 2.45) is 0 Å². The summed E-state index contributed by atoms with van der Waals surface area (Å²) in [4.78, 5) is 23.6. The van der Waals surface area contributed by atoms with Gasteiger partial charge < -0.3 is 9.73 Å². The number of halogens is 1. The summed E-state index contributed by atoms with van der Waals surface area (Å²) >= 11 is 6.04. The zero-order valence-corrected chi connectivity index (χ0v) is 14.6. The molecule has 1 aliphatic heterocycles. The third kappa shape index (κ3) is 2.95. The average molecular weight is 364 g/mol. The number of Topliss-reactive ketones (excluding diaryl/α,β-unsaturated/α-hetero) is 1. The molecule has 0 radical (unpaired) electrons. The maximum absolute atomic E-state index is 12.2. The number of hydrogen-bond acceptors (Lipinski definition) is 3. The van der Waals surface area contributed by atoms with E-state index < -0.39 is 0 Å². The lowest BCUT2D eigenvalue weighted by Gasteiger charge is -2.00. The third-order valence-electron chi connectivity index (χ3n) is 4.25. The predicted molar refractivity (Wildman–Crippen MR) is 102 cm³/mol. The molecule has 1 amide bonds. The van der Waals surface area contributed by atoms with Crippen LogP contribution in [0, 0.1) is 0 Å². The predicted octanol–water partition coefficient (Wildman–Crippen LogP) is 5.30. The van der Waals surface area contributed by atoms with Crippen molar-refractivity contribution in [1.82, 2.24) is 0 Å². The Balaban J connectivity index is 1.67. The van der Waals surface area contributed by atoms with Crippen LogP contribution >= 0.6 is 11.6 Å². The molecule has 0 fully saturated rings. The van der Waals surface area contributed by atoms with Crippen molar-refractivity contribution in [1.29, 1.82) is 0 Å². The van der Waals surface area contributed by atoms with E-state index >= 15 is 0 Å². The van der Waals surface area contributed by atoms with E-state index in [2.05, 4.69) is 5.32 Å². The van der Waals surface area contributed by atoms with Gasteiger partial charge in [-0.15, -0.1) is 0 Å². The van der Waals surface area contributed by atoms with Crippen molar-refractivity contribution in [3.8, 4) is 11.3 Å². The van der Waals surface area contributed by atoms with E-state index in [0.717, 1.165) is 16.8 Å². The first kappa shape index (κ1) is 16.4. The highest BCUT2D eigenvalue weighted by molar-refractivity contribution is 6.36. The first-order chi connectivity index (χ1) is 12.5. The fourth-order valence-corrected chi connectivity index (χ4v) is 3.07. The van der Waals surface area contributed by atoms with Gasteiger partial charge in [-0.3, -0.25) is 9.59 Å². The van der Waals surface area contributed by atoms with Crippen LogP contribution in [-0.4, -0.2) is 11.7 Å². The first-order valence-electron chi connectivity index (χ1n) is 8.05. The molecule has 4 nitrogen and oxygen atoms in total. The fourth-order valence-electron chi connectivity index (χ4n) is 2.90. The van der Waals surface area contributed by atoms with Crippen LogP contribution in [0.4, 0.5) is 5.69 Å². The molecule has 26 heavy (non-hydrogen) atoms. The number of amides is 1. The molecule has 2 aromatic carbocycles. The molecule has 0 aliphatic carbocycles. The van der Waals surface area contributed by atoms with Gasteiger partial charge in [-0.25, -0.2) is 0 Å². The number of carbonyl (C=O) groups excluding carboxylic acids is 2. The standard InChI is InChI=1S/C21H14ClNO3/c1-12(24)13-2-4-14(5-3-13)20-9-7-16(26-20)11-18-17-10-15(22)6-8-19(17)23-21(18)25/h2-11H,1H3,(H,23,25). The van der Waals surface area contributed by atoms with Crippen molar-refractivity contribution in [2.75, 3.05) is 5.32 Å². The molecule has 128 valence electrons. The minimum absolute atomic E-state index is 0.0194. The number of furan rings is 1. The SMILES string of the molecule is CC(=O)c1ccc(-c2ccc(C=C3C(=O)Nc4ccc(Cl)cc43)o2)cc1. The number of anilines is 1. The lowest BCUT2D eigenvalue weighted by atomic mass is 10.1. The molecular weight excluding hydrogens is 350 g/mol. The molecule has 5 heteroatoms. The second-order valence-electron chi connectivity index (χ2n) is 6.04. The first-order valence-corrected chi connectivity index (χ1v) is 8.43. The molecule has 2 heterocycles. The van der Waals surface area contributed by atoms with Gasteiger partial charge in [0.05, 0.1) is 5.57 Å². The molecular formula is C21H14ClNO3. The van der Waals surface area contributed by atoms with Crippen LogP contribution < -0.4 is 5.32 Å². The van der Waals surface area contributed by atoms with Gasteiger partial charge in [0.15, 0.2) is 5.78 Å². The molecule has 0 saturated carbocycles. The van der Waals surface area contributed by atoms with Gasteiger partial charge in [-0.05, 0) is 43.3 Å². The Bertz CT molecular complexity index is 1060. The average Bonchev–Trinajstić information content (AvgIpc) is 3.21. The van der Waals surface area contributed by atoms with E-state index in [1.807, 2.05) is 18.2 Å². The van der Waals surface area contributed by atoms with E-state index in [1.54, 1.807) is 42.5 Å². The Kier molecular flexibility index (Phi) is 3.98. The van der Waals surface area contributed by atoms with E-state index in [1.165, 1.54) is 6.92 Å². The molecule has 3 aromatic rings. The Morgan fingerprint density at radius 1 is 1.08 bits per heavy atom. The second kappa shape index (κ2) is 6.32. The lowest BCUT2D eigenvalue weighted by molar-refractivity contribution is -0.110. The van der Waals surface area contributed by atoms with Crippen LogP contribution in [0.15, 0.2) is 59.0 Å². The maximum atomic E-state index is 12.2. The summed E-state index contributed by atoms with van der Waals surface area (Å²) in [5.41, 5.74) is 3.51. The number of benzene rings is 2. The monoisotopic (exact) mass is 363 g/mol. The molecule has 4 rings (SSSR count). The van der Waals surface area contributed by atoms with E-state index in [4.69, 9.17) is 16.0 Å². The van der Waals surface area contributed by atoms with Crippen molar-refractivity contribution in [3.63, 3.8) is 0 Å². The quantitative estimate of drug-likeness (QED) is 0.507. The van der Waals surface area contributed by atoms with Crippen molar-refractivity contribution in [3.05, 3.63) is 76.5 Å².